The van der Waals surface area contributed by atoms with Crippen LogP contribution in [0.2, 0.25) is 0 Å². The van der Waals surface area contributed by atoms with E-state index in [4.69, 9.17) is 14.2 Å². The Morgan fingerprint density at radius 3 is 2.39 bits per heavy atom. The summed E-state index contributed by atoms with van der Waals surface area (Å²) in [6.45, 7) is 2.11. The Balaban J connectivity index is 2.20. The Bertz CT molecular complexity index is 257. The summed E-state index contributed by atoms with van der Waals surface area (Å²) in [6.07, 6.45) is 1.89. The molecule has 18 heavy (non-hydrogen) atoms. The van der Waals surface area contributed by atoms with Crippen molar-refractivity contribution < 1.29 is 24.1 Å². The van der Waals surface area contributed by atoms with E-state index in [-0.39, 0.29) is 12.5 Å². The topological polar surface area (TPSA) is 77.0 Å². The van der Waals surface area contributed by atoms with E-state index in [9.17, 15) is 9.90 Å². The van der Waals surface area contributed by atoms with Gasteiger partial charge in [-0.1, -0.05) is 0 Å². The zero-order valence-corrected chi connectivity index (χ0v) is 11.1. The standard InChI is InChI=1S/C12H23NO5/c1-13-12(11(14)15,10-3-4-10)9-18-8-7-17-6-5-16-2/h10,13H,3-9H2,1-2H3,(H,14,15). The van der Waals surface area contributed by atoms with Gasteiger partial charge in [0.05, 0.1) is 33.0 Å². The van der Waals surface area contributed by atoms with Crippen LogP contribution in [0.25, 0.3) is 0 Å². The molecule has 1 unspecified atom stereocenters. The average molecular weight is 261 g/mol. The van der Waals surface area contributed by atoms with E-state index in [1.807, 2.05) is 0 Å². The van der Waals surface area contributed by atoms with Gasteiger partial charge in [-0.25, -0.2) is 0 Å². The van der Waals surface area contributed by atoms with Crippen molar-refractivity contribution in [1.82, 2.24) is 5.32 Å². The third-order valence-electron chi connectivity index (χ3n) is 3.24. The SMILES string of the molecule is CNC(COCCOCCOC)(C(=O)O)C1CC1. The molecule has 0 heterocycles. The maximum absolute atomic E-state index is 11.3. The minimum atomic E-state index is -0.938. The monoisotopic (exact) mass is 261 g/mol. The second-order valence-electron chi connectivity index (χ2n) is 4.46. The van der Waals surface area contributed by atoms with Gasteiger partial charge in [-0.15, -0.1) is 0 Å². The van der Waals surface area contributed by atoms with E-state index < -0.39 is 11.5 Å². The van der Waals surface area contributed by atoms with Gasteiger partial charge in [0, 0.05) is 7.11 Å². The fraction of sp³-hybridized carbons (Fsp3) is 0.917. The highest BCUT2D eigenvalue weighted by Crippen LogP contribution is 2.40. The second kappa shape index (κ2) is 7.68. The minimum Gasteiger partial charge on any atom is -0.480 e. The van der Waals surface area contributed by atoms with Crippen LogP contribution in [0.1, 0.15) is 12.8 Å². The van der Waals surface area contributed by atoms with Crippen molar-refractivity contribution in [3.05, 3.63) is 0 Å². The van der Waals surface area contributed by atoms with Crippen molar-refractivity contribution in [1.29, 1.82) is 0 Å². The molecule has 0 amide bonds. The number of nitrogens with one attached hydrogen (secondary N) is 1. The molecule has 0 aliphatic heterocycles. The largest absolute Gasteiger partial charge is 0.480 e. The van der Waals surface area contributed by atoms with Crippen molar-refractivity contribution in [3.8, 4) is 0 Å². The zero-order valence-electron chi connectivity index (χ0n) is 11.1. The van der Waals surface area contributed by atoms with Crippen LogP contribution in [0, 0.1) is 5.92 Å². The van der Waals surface area contributed by atoms with Crippen LogP contribution < -0.4 is 5.32 Å². The molecule has 0 saturated heterocycles. The van der Waals surface area contributed by atoms with Crippen molar-refractivity contribution in [3.63, 3.8) is 0 Å². The van der Waals surface area contributed by atoms with Gasteiger partial charge in [-0.3, -0.25) is 4.79 Å². The molecule has 6 nitrogen and oxygen atoms in total. The van der Waals surface area contributed by atoms with Gasteiger partial charge in [-0.2, -0.15) is 0 Å². The summed E-state index contributed by atoms with van der Waals surface area (Å²) in [6, 6.07) is 0. The lowest BCUT2D eigenvalue weighted by atomic mass is 9.95. The summed E-state index contributed by atoms with van der Waals surface area (Å²) in [4.78, 5) is 11.3. The Labute approximate surface area is 108 Å². The van der Waals surface area contributed by atoms with Gasteiger partial charge in [0.2, 0.25) is 0 Å². The molecule has 6 heteroatoms. The van der Waals surface area contributed by atoms with Crippen LogP contribution in [0.15, 0.2) is 0 Å². The zero-order chi connectivity index (χ0) is 13.4. The van der Waals surface area contributed by atoms with Crippen LogP contribution in [0.5, 0.6) is 0 Å². The molecule has 0 spiro atoms. The molecular weight excluding hydrogens is 238 g/mol. The number of methoxy groups -OCH3 is 1. The highest BCUT2D eigenvalue weighted by molar-refractivity contribution is 5.80. The van der Waals surface area contributed by atoms with Crippen molar-refractivity contribution in [2.24, 2.45) is 5.92 Å². The lowest BCUT2D eigenvalue weighted by Gasteiger charge is -2.28. The van der Waals surface area contributed by atoms with Gasteiger partial charge in [0.15, 0.2) is 0 Å². The van der Waals surface area contributed by atoms with E-state index in [2.05, 4.69) is 5.32 Å². The quantitative estimate of drug-likeness (QED) is 0.514. The average Bonchev–Trinajstić information content (AvgIpc) is 3.17. The molecule has 0 bridgehead atoms. The number of hydrogen-bond donors (Lipinski definition) is 2. The summed E-state index contributed by atoms with van der Waals surface area (Å²) in [7, 11) is 3.29. The number of carboxylic acids is 1. The van der Waals surface area contributed by atoms with Crippen molar-refractivity contribution in [2.45, 2.75) is 18.4 Å². The van der Waals surface area contributed by atoms with Gasteiger partial charge in [0.25, 0.3) is 0 Å². The third-order valence-corrected chi connectivity index (χ3v) is 3.24. The third kappa shape index (κ3) is 4.20. The molecule has 1 aliphatic rings. The maximum atomic E-state index is 11.3. The van der Waals surface area contributed by atoms with E-state index in [0.29, 0.717) is 26.4 Å². The number of carboxylic acid groups (broad SMARTS) is 1. The van der Waals surface area contributed by atoms with E-state index in [1.165, 1.54) is 0 Å². The van der Waals surface area contributed by atoms with E-state index in [1.54, 1.807) is 14.2 Å². The molecule has 1 rings (SSSR count). The molecule has 1 aliphatic carbocycles. The lowest BCUT2D eigenvalue weighted by molar-refractivity contribution is -0.149. The predicted octanol–water partition coefficient (Wildman–Crippen LogP) is 0.119. The molecule has 0 radical (unpaired) electrons. The highest BCUT2D eigenvalue weighted by atomic mass is 16.5. The molecule has 2 N–H and O–H groups in total. The summed E-state index contributed by atoms with van der Waals surface area (Å²) < 4.78 is 15.5. The van der Waals surface area contributed by atoms with E-state index in [0.717, 1.165) is 12.8 Å². The molecule has 1 saturated carbocycles. The molecule has 1 atom stereocenters. The fourth-order valence-corrected chi connectivity index (χ4v) is 1.91. The first-order valence-electron chi connectivity index (χ1n) is 6.24. The van der Waals surface area contributed by atoms with Gasteiger partial charge in [-0.05, 0) is 25.8 Å². The van der Waals surface area contributed by atoms with Crippen molar-refractivity contribution in [2.75, 3.05) is 47.2 Å². The number of hydrogen-bond acceptors (Lipinski definition) is 5. The first-order valence-corrected chi connectivity index (χ1v) is 6.24. The number of carbonyl (C=O) groups is 1. The predicted molar refractivity (Wildman–Crippen MR) is 65.7 cm³/mol. The van der Waals surface area contributed by atoms with E-state index >= 15 is 0 Å². The van der Waals surface area contributed by atoms with Crippen LogP contribution in [-0.4, -0.2) is 63.8 Å². The van der Waals surface area contributed by atoms with Crippen LogP contribution in [0.4, 0.5) is 0 Å². The number of rotatable bonds is 11. The van der Waals surface area contributed by atoms with Gasteiger partial charge >= 0.3 is 5.97 Å². The molecule has 0 aromatic carbocycles. The highest BCUT2D eigenvalue weighted by Gasteiger charge is 2.50. The Morgan fingerprint density at radius 2 is 1.89 bits per heavy atom. The fourth-order valence-electron chi connectivity index (χ4n) is 1.91. The Hall–Kier alpha value is -0.690. The van der Waals surface area contributed by atoms with Gasteiger partial charge < -0.3 is 24.6 Å². The first-order chi connectivity index (χ1) is 8.67. The molecule has 1 fully saturated rings. The number of ether oxygens (including phenoxy) is 3. The normalized spacial score (nSPS) is 18.6. The van der Waals surface area contributed by atoms with Crippen molar-refractivity contribution >= 4 is 5.97 Å². The molecule has 0 aromatic rings. The smallest absolute Gasteiger partial charge is 0.326 e. The van der Waals surface area contributed by atoms with Crippen LogP contribution in [0.3, 0.4) is 0 Å². The number of likely N-dealkylation sites (N-methyl/N-ethyl adjacent to an activating group) is 1. The summed E-state index contributed by atoms with van der Waals surface area (Å²) >= 11 is 0. The van der Waals surface area contributed by atoms with Gasteiger partial charge in [0.1, 0.15) is 5.54 Å². The molecule has 106 valence electrons. The molecular formula is C12H23NO5. The van der Waals surface area contributed by atoms with Crippen LogP contribution >= 0.6 is 0 Å². The Morgan fingerprint density at radius 1 is 1.28 bits per heavy atom. The summed E-state index contributed by atoms with van der Waals surface area (Å²) in [5.74, 6) is -0.665. The number of aliphatic carboxylic acids is 1. The minimum absolute atomic E-state index is 0.175. The maximum Gasteiger partial charge on any atom is 0.326 e. The lowest BCUT2D eigenvalue weighted by Crippen LogP contribution is -2.56. The second-order valence-corrected chi connectivity index (χ2v) is 4.46. The Kier molecular flexibility index (Phi) is 6.56. The summed E-state index contributed by atoms with van der Waals surface area (Å²) in [5.41, 5.74) is -0.938. The van der Waals surface area contributed by atoms with Crippen LogP contribution in [-0.2, 0) is 19.0 Å². The molecule has 0 aromatic heterocycles. The first kappa shape index (κ1) is 15.4. The summed E-state index contributed by atoms with van der Waals surface area (Å²) in [5, 5.41) is 12.2.